The van der Waals surface area contributed by atoms with Crippen LogP contribution in [-0.2, 0) is 9.59 Å². The molecule has 0 aromatic carbocycles. The third-order valence-electron chi connectivity index (χ3n) is 1.38. The molecule has 0 heterocycles. The lowest BCUT2D eigenvalue weighted by molar-refractivity contribution is -0.137. The standard InChI is InChI=1S/C8H12O4/c1-6(8(11)12)4-2-3-5-7(9)10/h4H,2-3,5H2,1H3,(H,9,10)(H,11,12). The van der Waals surface area contributed by atoms with Crippen molar-refractivity contribution in [1.29, 1.82) is 0 Å². The number of carboxylic acids is 2. The fourth-order valence-corrected chi connectivity index (χ4v) is 0.659. The van der Waals surface area contributed by atoms with Crippen LogP contribution >= 0.6 is 0 Å². The summed E-state index contributed by atoms with van der Waals surface area (Å²) in [4.78, 5) is 20.3. The zero-order chi connectivity index (χ0) is 9.56. The Morgan fingerprint density at radius 3 is 2.33 bits per heavy atom. The predicted octanol–water partition coefficient (Wildman–Crippen LogP) is 1.27. The van der Waals surface area contributed by atoms with E-state index in [-0.39, 0.29) is 12.0 Å². The van der Waals surface area contributed by atoms with Crippen LogP contribution < -0.4 is 0 Å². The van der Waals surface area contributed by atoms with Crippen molar-refractivity contribution >= 4 is 11.9 Å². The van der Waals surface area contributed by atoms with E-state index in [4.69, 9.17) is 10.2 Å². The van der Waals surface area contributed by atoms with Gasteiger partial charge in [-0.25, -0.2) is 4.79 Å². The van der Waals surface area contributed by atoms with Crippen LogP contribution in [0.5, 0.6) is 0 Å². The number of hydrogen-bond acceptors (Lipinski definition) is 2. The molecular weight excluding hydrogens is 160 g/mol. The van der Waals surface area contributed by atoms with Gasteiger partial charge in [0.15, 0.2) is 0 Å². The van der Waals surface area contributed by atoms with Gasteiger partial charge in [0.2, 0.25) is 0 Å². The molecule has 68 valence electrons. The van der Waals surface area contributed by atoms with Gasteiger partial charge in [0.1, 0.15) is 0 Å². The summed E-state index contributed by atoms with van der Waals surface area (Å²) in [5.74, 6) is -1.80. The minimum atomic E-state index is -0.953. The molecule has 0 rings (SSSR count). The lowest BCUT2D eigenvalue weighted by Crippen LogP contribution is -1.96. The normalized spacial score (nSPS) is 11.2. The summed E-state index contributed by atoms with van der Waals surface area (Å²) in [5, 5.41) is 16.7. The van der Waals surface area contributed by atoms with Crippen molar-refractivity contribution in [2.45, 2.75) is 26.2 Å². The summed E-state index contributed by atoms with van der Waals surface area (Å²) >= 11 is 0. The highest BCUT2D eigenvalue weighted by molar-refractivity contribution is 5.85. The van der Waals surface area contributed by atoms with Gasteiger partial charge in [0, 0.05) is 12.0 Å². The Balaban J connectivity index is 3.60. The second kappa shape index (κ2) is 5.35. The Morgan fingerprint density at radius 1 is 1.33 bits per heavy atom. The Labute approximate surface area is 70.5 Å². The van der Waals surface area contributed by atoms with Crippen LogP contribution in [-0.4, -0.2) is 22.2 Å². The van der Waals surface area contributed by atoms with Gasteiger partial charge in [0.25, 0.3) is 0 Å². The first-order chi connectivity index (χ1) is 5.54. The van der Waals surface area contributed by atoms with E-state index in [1.807, 2.05) is 0 Å². The van der Waals surface area contributed by atoms with Gasteiger partial charge in [-0.1, -0.05) is 6.08 Å². The molecule has 0 radical (unpaired) electrons. The second-order valence-electron chi connectivity index (χ2n) is 2.48. The highest BCUT2D eigenvalue weighted by Gasteiger charge is 1.99. The molecule has 0 aromatic heterocycles. The van der Waals surface area contributed by atoms with E-state index in [2.05, 4.69) is 0 Å². The summed E-state index contributed by atoms with van der Waals surface area (Å²) in [6.45, 7) is 1.49. The van der Waals surface area contributed by atoms with Crippen LogP contribution in [0.15, 0.2) is 11.6 Å². The summed E-state index contributed by atoms with van der Waals surface area (Å²) in [5.41, 5.74) is 0.264. The van der Waals surface area contributed by atoms with Crippen LogP contribution in [0.3, 0.4) is 0 Å². The molecule has 0 aliphatic rings. The maximum Gasteiger partial charge on any atom is 0.330 e. The summed E-state index contributed by atoms with van der Waals surface area (Å²) < 4.78 is 0. The van der Waals surface area contributed by atoms with Crippen molar-refractivity contribution in [1.82, 2.24) is 0 Å². The molecule has 4 nitrogen and oxygen atoms in total. The van der Waals surface area contributed by atoms with Crippen LogP contribution in [0.25, 0.3) is 0 Å². The number of carboxylic acid groups (broad SMARTS) is 2. The molecule has 0 aromatic rings. The van der Waals surface area contributed by atoms with E-state index < -0.39 is 11.9 Å². The summed E-state index contributed by atoms with van der Waals surface area (Å²) in [6, 6.07) is 0. The number of allylic oxidation sites excluding steroid dienone is 1. The van der Waals surface area contributed by atoms with E-state index in [9.17, 15) is 9.59 Å². The molecular formula is C8H12O4. The van der Waals surface area contributed by atoms with Gasteiger partial charge in [-0.2, -0.15) is 0 Å². The maximum atomic E-state index is 10.2. The van der Waals surface area contributed by atoms with Gasteiger partial charge >= 0.3 is 11.9 Å². The maximum absolute atomic E-state index is 10.2. The zero-order valence-corrected chi connectivity index (χ0v) is 6.91. The minimum absolute atomic E-state index is 0.0867. The van der Waals surface area contributed by atoms with Crippen molar-refractivity contribution in [2.24, 2.45) is 0 Å². The van der Waals surface area contributed by atoms with Crippen LogP contribution in [0.1, 0.15) is 26.2 Å². The topological polar surface area (TPSA) is 74.6 Å². The zero-order valence-electron chi connectivity index (χ0n) is 6.91. The quantitative estimate of drug-likeness (QED) is 0.483. The van der Waals surface area contributed by atoms with Crippen molar-refractivity contribution in [3.05, 3.63) is 11.6 Å². The Hall–Kier alpha value is -1.32. The van der Waals surface area contributed by atoms with Gasteiger partial charge < -0.3 is 10.2 Å². The van der Waals surface area contributed by atoms with E-state index in [0.29, 0.717) is 12.8 Å². The highest BCUT2D eigenvalue weighted by atomic mass is 16.4. The average molecular weight is 172 g/mol. The van der Waals surface area contributed by atoms with Crippen molar-refractivity contribution < 1.29 is 19.8 Å². The predicted molar refractivity (Wildman–Crippen MR) is 42.9 cm³/mol. The molecule has 0 spiro atoms. The largest absolute Gasteiger partial charge is 0.481 e. The van der Waals surface area contributed by atoms with Crippen molar-refractivity contribution in [2.75, 3.05) is 0 Å². The molecule has 4 heteroatoms. The first-order valence-corrected chi connectivity index (χ1v) is 3.66. The number of unbranched alkanes of at least 4 members (excludes halogenated alkanes) is 1. The fraction of sp³-hybridized carbons (Fsp3) is 0.500. The van der Waals surface area contributed by atoms with E-state index in [1.54, 1.807) is 0 Å². The monoisotopic (exact) mass is 172 g/mol. The SMILES string of the molecule is CC(=CCCCC(=O)O)C(=O)O. The molecule has 0 bridgehead atoms. The first kappa shape index (κ1) is 10.7. The van der Waals surface area contributed by atoms with Crippen molar-refractivity contribution in [3.8, 4) is 0 Å². The number of rotatable bonds is 5. The lowest BCUT2D eigenvalue weighted by Gasteiger charge is -1.93. The minimum Gasteiger partial charge on any atom is -0.481 e. The smallest absolute Gasteiger partial charge is 0.330 e. The highest BCUT2D eigenvalue weighted by Crippen LogP contribution is 2.01. The molecule has 0 unspecified atom stereocenters. The van der Waals surface area contributed by atoms with Gasteiger partial charge in [-0.3, -0.25) is 4.79 Å². The van der Waals surface area contributed by atoms with E-state index >= 15 is 0 Å². The van der Waals surface area contributed by atoms with Gasteiger partial charge in [-0.15, -0.1) is 0 Å². The molecule has 0 aliphatic carbocycles. The summed E-state index contributed by atoms with van der Waals surface area (Å²) in [7, 11) is 0. The second-order valence-corrected chi connectivity index (χ2v) is 2.48. The molecule has 0 amide bonds. The number of hydrogen-bond donors (Lipinski definition) is 2. The van der Waals surface area contributed by atoms with Crippen LogP contribution in [0, 0.1) is 0 Å². The molecule has 0 saturated carbocycles. The molecule has 0 aliphatic heterocycles. The van der Waals surface area contributed by atoms with Crippen LogP contribution in [0.4, 0.5) is 0 Å². The molecule has 0 atom stereocenters. The molecule has 12 heavy (non-hydrogen) atoms. The summed E-state index contributed by atoms with van der Waals surface area (Å²) in [6.07, 6.45) is 2.61. The van der Waals surface area contributed by atoms with Gasteiger partial charge in [-0.05, 0) is 19.8 Å². The molecule has 2 N–H and O–H groups in total. The third kappa shape index (κ3) is 5.46. The third-order valence-corrected chi connectivity index (χ3v) is 1.38. The first-order valence-electron chi connectivity index (χ1n) is 3.66. The fourth-order valence-electron chi connectivity index (χ4n) is 0.659. The van der Waals surface area contributed by atoms with E-state index in [0.717, 1.165) is 0 Å². The van der Waals surface area contributed by atoms with Crippen molar-refractivity contribution in [3.63, 3.8) is 0 Å². The number of carbonyl (C=O) groups is 2. The Bertz CT molecular complexity index is 205. The van der Waals surface area contributed by atoms with E-state index in [1.165, 1.54) is 13.0 Å². The Morgan fingerprint density at radius 2 is 1.92 bits per heavy atom. The van der Waals surface area contributed by atoms with Gasteiger partial charge in [0.05, 0.1) is 0 Å². The lowest BCUT2D eigenvalue weighted by atomic mass is 10.2. The average Bonchev–Trinajstić information content (AvgIpc) is 1.97. The molecule has 0 fully saturated rings. The number of aliphatic carboxylic acids is 2. The molecule has 0 saturated heterocycles. The van der Waals surface area contributed by atoms with Crippen LogP contribution in [0.2, 0.25) is 0 Å². The Kier molecular flexibility index (Phi) is 4.76.